The molecule has 4 atom stereocenters. The maximum Gasteiger partial charge on any atom is 0.309 e. The average molecular weight is 344 g/mol. The summed E-state index contributed by atoms with van der Waals surface area (Å²) in [6.45, 7) is 5.20. The predicted octanol–water partition coefficient (Wildman–Crippen LogP) is 1.02. The lowest BCUT2D eigenvalue weighted by molar-refractivity contribution is -0.173. The molecule has 1 rings (SSSR count). The zero-order chi connectivity index (χ0) is 18.3. The maximum absolute atomic E-state index is 12.2. The van der Waals surface area contributed by atoms with Crippen LogP contribution in [0.1, 0.15) is 33.6 Å². The number of carboxylic acid groups (broad SMARTS) is 1. The van der Waals surface area contributed by atoms with E-state index in [0.717, 1.165) is 0 Å². The van der Waals surface area contributed by atoms with Crippen LogP contribution < -0.4 is 0 Å². The molecule has 0 saturated heterocycles. The lowest BCUT2D eigenvalue weighted by atomic mass is 9.68. The molecule has 136 valence electrons. The van der Waals surface area contributed by atoms with Gasteiger partial charge in [-0.25, -0.2) is 0 Å². The number of carbonyl (C=O) groups excluding carboxylic acids is 3. The summed E-state index contributed by atoms with van der Waals surface area (Å²) < 4.78 is 14.9. The second kappa shape index (κ2) is 9.24. The van der Waals surface area contributed by atoms with E-state index in [9.17, 15) is 24.3 Å². The molecule has 8 nitrogen and oxygen atoms in total. The van der Waals surface area contributed by atoms with Gasteiger partial charge in [-0.15, -0.1) is 0 Å². The molecule has 1 N–H and O–H groups in total. The van der Waals surface area contributed by atoms with Gasteiger partial charge in [0.1, 0.15) is 0 Å². The summed E-state index contributed by atoms with van der Waals surface area (Å²) in [5, 5.41) is 9.41. The van der Waals surface area contributed by atoms with Gasteiger partial charge >= 0.3 is 23.9 Å². The summed E-state index contributed by atoms with van der Waals surface area (Å²) in [4.78, 5) is 48.0. The van der Waals surface area contributed by atoms with Gasteiger partial charge in [0.05, 0.1) is 43.5 Å². The Morgan fingerprint density at radius 1 is 0.708 bits per heavy atom. The Morgan fingerprint density at radius 2 is 1.00 bits per heavy atom. The van der Waals surface area contributed by atoms with E-state index in [4.69, 9.17) is 14.2 Å². The first-order chi connectivity index (χ1) is 11.4. The van der Waals surface area contributed by atoms with E-state index in [2.05, 4.69) is 0 Å². The van der Waals surface area contributed by atoms with Crippen LogP contribution in [-0.2, 0) is 33.4 Å². The standard InChI is InChI=1S/C16H24O8/c1-4-22-14(19)10-8-12(16(21)24-6-3)11(15(20)23-5-2)7-9(10)13(17)18/h9-12H,4-8H2,1-3H3,(H,17,18). The quantitative estimate of drug-likeness (QED) is 0.537. The largest absolute Gasteiger partial charge is 0.481 e. The topological polar surface area (TPSA) is 116 Å². The van der Waals surface area contributed by atoms with Crippen molar-refractivity contribution in [2.45, 2.75) is 33.6 Å². The van der Waals surface area contributed by atoms with Crippen LogP contribution in [0.5, 0.6) is 0 Å². The molecular formula is C16H24O8. The molecule has 0 aliphatic heterocycles. The fraction of sp³-hybridized carbons (Fsp3) is 0.750. The first kappa shape index (κ1) is 19.9. The van der Waals surface area contributed by atoms with Crippen LogP contribution in [0, 0.1) is 23.7 Å². The smallest absolute Gasteiger partial charge is 0.309 e. The zero-order valence-electron chi connectivity index (χ0n) is 14.1. The molecule has 4 unspecified atom stereocenters. The van der Waals surface area contributed by atoms with Crippen LogP contribution >= 0.6 is 0 Å². The van der Waals surface area contributed by atoms with Gasteiger partial charge in [0, 0.05) is 0 Å². The Hall–Kier alpha value is -2.12. The van der Waals surface area contributed by atoms with Crippen molar-refractivity contribution in [1.82, 2.24) is 0 Å². The lowest BCUT2D eigenvalue weighted by Crippen LogP contribution is -2.46. The molecule has 0 aromatic heterocycles. The second-order valence-corrected chi connectivity index (χ2v) is 5.49. The van der Waals surface area contributed by atoms with E-state index in [1.807, 2.05) is 0 Å². The summed E-state index contributed by atoms with van der Waals surface area (Å²) in [6.07, 6.45) is -0.279. The summed E-state index contributed by atoms with van der Waals surface area (Å²) in [5.74, 6) is -7.14. The van der Waals surface area contributed by atoms with Crippen molar-refractivity contribution in [2.24, 2.45) is 23.7 Å². The van der Waals surface area contributed by atoms with Crippen molar-refractivity contribution < 1.29 is 38.5 Å². The molecule has 1 aliphatic rings. The maximum atomic E-state index is 12.2. The van der Waals surface area contributed by atoms with Crippen LogP contribution in [0.25, 0.3) is 0 Å². The van der Waals surface area contributed by atoms with Crippen molar-refractivity contribution >= 4 is 23.9 Å². The number of ether oxygens (including phenoxy) is 3. The molecule has 0 spiro atoms. The fourth-order valence-corrected chi connectivity index (χ4v) is 3.01. The number of hydrogen-bond acceptors (Lipinski definition) is 7. The van der Waals surface area contributed by atoms with E-state index >= 15 is 0 Å². The summed E-state index contributed by atoms with van der Waals surface area (Å²) >= 11 is 0. The zero-order valence-corrected chi connectivity index (χ0v) is 14.1. The van der Waals surface area contributed by atoms with Crippen LogP contribution in [0.4, 0.5) is 0 Å². The van der Waals surface area contributed by atoms with Gasteiger partial charge in [-0.3, -0.25) is 19.2 Å². The van der Waals surface area contributed by atoms with E-state index < -0.39 is 47.5 Å². The molecule has 1 aliphatic carbocycles. The minimum absolute atomic E-state index is 0.104. The molecule has 1 fully saturated rings. The van der Waals surface area contributed by atoms with Gasteiger partial charge in [-0.05, 0) is 33.6 Å². The highest BCUT2D eigenvalue weighted by molar-refractivity contribution is 5.87. The highest BCUT2D eigenvalue weighted by Gasteiger charge is 2.50. The molecule has 0 amide bonds. The van der Waals surface area contributed by atoms with Gasteiger partial charge in [0.15, 0.2) is 0 Å². The highest BCUT2D eigenvalue weighted by atomic mass is 16.5. The van der Waals surface area contributed by atoms with Gasteiger partial charge in [0.25, 0.3) is 0 Å². The highest BCUT2D eigenvalue weighted by Crippen LogP contribution is 2.40. The predicted molar refractivity (Wildman–Crippen MR) is 80.7 cm³/mol. The Kier molecular flexibility index (Phi) is 7.67. The summed E-state index contributed by atoms with van der Waals surface area (Å²) in [5.41, 5.74) is 0. The Balaban J connectivity index is 3.11. The van der Waals surface area contributed by atoms with Crippen LogP contribution in [0.2, 0.25) is 0 Å². The van der Waals surface area contributed by atoms with Gasteiger partial charge in [0.2, 0.25) is 0 Å². The fourth-order valence-electron chi connectivity index (χ4n) is 3.01. The third kappa shape index (κ3) is 4.69. The molecular weight excluding hydrogens is 320 g/mol. The van der Waals surface area contributed by atoms with Crippen molar-refractivity contribution in [3.8, 4) is 0 Å². The number of rotatable bonds is 7. The number of hydrogen-bond donors (Lipinski definition) is 1. The molecule has 24 heavy (non-hydrogen) atoms. The molecule has 0 radical (unpaired) electrons. The third-order valence-corrected chi connectivity index (χ3v) is 4.07. The van der Waals surface area contributed by atoms with Crippen molar-refractivity contribution in [1.29, 1.82) is 0 Å². The Bertz CT molecular complexity index is 486. The molecule has 0 heterocycles. The minimum atomic E-state index is -1.20. The monoisotopic (exact) mass is 344 g/mol. The molecule has 0 aromatic rings. The molecule has 1 saturated carbocycles. The Morgan fingerprint density at radius 3 is 1.29 bits per heavy atom. The molecule has 0 bridgehead atoms. The van der Waals surface area contributed by atoms with Crippen LogP contribution in [-0.4, -0.2) is 48.8 Å². The minimum Gasteiger partial charge on any atom is -0.481 e. The third-order valence-electron chi connectivity index (χ3n) is 4.07. The Labute approximate surface area is 140 Å². The number of esters is 3. The van der Waals surface area contributed by atoms with Gasteiger partial charge in [-0.1, -0.05) is 0 Å². The molecule has 0 aromatic carbocycles. The normalized spacial score (nSPS) is 26.3. The van der Waals surface area contributed by atoms with Crippen molar-refractivity contribution in [3.63, 3.8) is 0 Å². The van der Waals surface area contributed by atoms with Gasteiger partial charge < -0.3 is 19.3 Å². The number of carbonyl (C=O) groups is 4. The van der Waals surface area contributed by atoms with E-state index in [1.165, 1.54) is 0 Å². The van der Waals surface area contributed by atoms with Crippen molar-refractivity contribution in [2.75, 3.05) is 19.8 Å². The second-order valence-electron chi connectivity index (χ2n) is 5.49. The molecule has 8 heteroatoms. The summed E-state index contributed by atoms with van der Waals surface area (Å²) in [6, 6.07) is 0. The van der Waals surface area contributed by atoms with Crippen molar-refractivity contribution in [3.05, 3.63) is 0 Å². The van der Waals surface area contributed by atoms with E-state index in [0.29, 0.717) is 0 Å². The number of carboxylic acids is 1. The van der Waals surface area contributed by atoms with E-state index in [-0.39, 0.29) is 32.7 Å². The summed E-state index contributed by atoms with van der Waals surface area (Å²) in [7, 11) is 0. The first-order valence-electron chi connectivity index (χ1n) is 8.09. The first-order valence-corrected chi connectivity index (χ1v) is 8.09. The number of aliphatic carboxylic acids is 1. The van der Waals surface area contributed by atoms with Gasteiger partial charge in [-0.2, -0.15) is 0 Å². The van der Waals surface area contributed by atoms with Crippen LogP contribution in [0.15, 0.2) is 0 Å². The lowest BCUT2D eigenvalue weighted by Gasteiger charge is -2.36. The van der Waals surface area contributed by atoms with Crippen LogP contribution in [0.3, 0.4) is 0 Å². The average Bonchev–Trinajstić information content (AvgIpc) is 2.54. The van der Waals surface area contributed by atoms with E-state index in [1.54, 1.807) is 20.8 Å². The SMILES string of the molecule is CCOC(=O)C1CC(C(=O)OCC)C(C(=O)OCC)CC1C(=O)O.